The number of amides is 1. The van der Waals surface area contributed by atoms with Crippen LogP contribution in [0.3, 0.4) is 0 Å². The van der Waals surface area contributed by atoms with Gasteiger partial charge in [0.15, 0.2) is 11.0 Å². The highest BCUT2D eigenvalue weighted by molar-refractivity contribution is 7.99. The van der Waals surface area contributed by atoms with Crippen LogP contribution in [-0.2, 0) is 22.6 Å². The quantitative estimate of drug-likeness (QED) is 0.455. The number of hydrogen-bond donors (Lipinski definition) is 1. The van der Waals surface area contributed by atoms with E-state index in [2.05, 4.69) is 20.1 Å². The summed E-state index contributed by atoms with van der Waals surface area (Å²) in [6.07, 6.45) is 2.19. The van der Waals surface area contributed by atoms with E-state index in [-0.39, 0.29) is 17.8 Å². The lowest BCUT2D eigenvalue weighted by Crippen LogP contribution is -2.25. The Hall–Kier alpha value is -3.04. The molecule has 1 saturated heterocycles. The number of carbonyl (C=O) groups excluding carboxylic acids is 1. The molecule has 4 rings (SSSR count). The van der Waals surface area contributed by atoms with Crippen LogP contribution < -0.4 is 14.8 Å². The Labute approximate surface area is 197 Å². The molecule has 0 spiro atoms. The predicted molar refractivity (Wildman–Crippen MR) is 127 cm³/mol. The van der Waals surface area contributed by atoms with Gasteiger partial charge in [-0.15, -0.1) is 10.2 Å². The van der Waals surface area contributed by atoms with E-state index in [9.17, 15) is 4.79 Å². The Bertz CT molecular complexity index is 1050. The molecule has 3 aromatic rings. The van der Waals surface area contributed by atoms with E-state index < -0.39 is 0 Å². The van der Waals surface area contributed by atoms with Gasteiger partial charge in [0.05, 0.1) is 32.6 Å². The van der Waals surface area contributed by atoms with Crippen molar-refractivity contribution in [1.29, 1.82) is 0 Å². The molecule has 0 radical (unpaired) electrons. The number of nitrogens with one attached hydrogen (secondary N) is 1. The van der Waals surface area contributed by atoms with Crippen LogP contribution in [0.4, 0.5) is 0 Å². The van der Waals surface area contributed by atoms with Crippen molar-refractivity contribution in [2.24, 2.45) is 0 Å². The van der Waals surface area contributed by atoms with E-state index in [0.29, 0.717) is 18.2 Å². The summed E-state index contributed by atoms with van der Waals surface area (Å²) in [5.74, 6) is 2.52. The first-order chi connectivity index (χ1) is 16.2. The molecule has 0 saturated carbocycles. The monoisotopic (exact) mass is 468 g/mol. The minimum atomic E-state index is -0.0616. The van der Waals surface area contributed by atoms with Gasteiger partial charge in [0.2, 0.25) is 5.91 Å². The van der Waals surface area contributed by atoms with E-state index in [1.807, 2.05) is 48.5 Å². The third-order valence-electron chi connectivity index (χ3n) is 5.46. The molecular formula is C24H28N4O4S. The van der Waals surface area contributed by atoms with Crippen molar-refractivity contribution in [2.75, 3.05) is 26.6 Å². The second-order valence-corrected chi connectivity index (χ2v) is 8.64. The van der Waals surface area contributed by atoms with Crippen molar-refractivity contribution in [3.8, 4) is 22.9 Å². The minimum Gasteiger partial charge on any atom is -0.497 e. The number of ether oxygens (including phenoxy) is 3. The smallest absolute Gasteiger partial charge is 0.230 e. The Morgan fingerprint density at radius 1 is 1.09 bits per heavy atom. The van der Waals surface area contributed by atoms with Crippen LogP contribution in [0, 0.1) is 0 Å². The van der Waals surface area contributed by atoms with Crippen LogP contribution >= 0.6 is 11.8 Å². The zero-order chi connectivity index (χ0) is 23.0. The van der Waals surface area contributed by atoms with Crippen molar-refractivity contribution in [3.05, 3.63) is 54.1 Å². The molecule has 1 atom stereocenters. The van der Waals surface area contributed by atoms with Gasteiger partial charge in [-0.2, -0.15) is 0 Å². The topological polar surface area (TPSA) is 87.5 Å². The van der Waals surface area contributed by atoms with Gasteiger partial charge in [0.25, 0.3) is 0 Å². The highest BCUT2D eigenvalue weighted by Crippen LogP contribution is 2.27. The summed E-state index contributed by atoms with van der Waals surface area (Å²) < 4.78 is 18.3. The van der Waals surface area contributed by atoms with Crippen LogP contribution in [-0.4, -0.2) is 53.4 Å². The molecule has 2 heterocycles. The van der Waals surface area contributed by atoms with E-state index in [1.165, 1.54) is 11.8 Å². The van der Waals surface area contributed by atoms with Gasteiger partial charge in [-0.3, -0.25) is 9.36 Å². The van der Waals surface area contributed by atoms with Gasteiger partial charge in [-0.1, -0.05) is 23.9 Å². The molecule has 9 heteroatoms. The molecule has 0 bridgehead atoms. The molecule has 1 aliphatic heterocycles. The van der Waals surface area contributed by atoms with Crippen LogP contribution in [0.15, 0.2) is 53.7 Å². The summed E-state index contributed by atoms with van der Waals surface area (Å²) in [5, 5.41) is 12.5. The van der Waals surface area contributed by atoms with Crippen molar-refractivity contribution in [3.63, 3.8) is 0 Å². The second-order valence-electron chi connectivity index (χ2n) is 7.69. The Kier molecular flexibility index (Phi) is 7.85. The van der Waals surface area contributed by atoms with Crippen molar-refractivity contribution in [2.45, 2.75) is 37.2 Å². The predicted octanol–water partition coefficient (Wildman–Crippen LogP) is 3.55. The molecule has 1 unspecified atom stereocenters. The van der Waals surface area contributed by atoms with Crippen LogP contribution in [0.5, 0.6) is 11.5 Å². The molecule has 174 valence electrons. The van der Waals surface area contributed by atoms with Crippen molar-refractivity contribution in [1.82, 2.24) is 20.1 Å². The zero-order valence-corrected chi connectivity index (χ0v) is 19.6. The number of rotatable bonds is 10. The van der Waals surface area contributed by atoms with Crippen LogP contribution in [0.1, 0.15) is 18.4 Å². The molecule has 33 heavy (non-hydrogen) atoms. The summed E-state index contributed by atoms with van der Waals surface area (Å²) in [4.78, 5) is 12.5. The number of thioether (sulfide) groups is 1. The van der Waals surface area contributed by atoms with E-state index >= 15 is 0 Å². The summed E-state index contributed by atoms with van der Waals surface area (Å²) in [7, 11) is 3.27. The average Bonchev–Trinajstić information content (AvgIpc) is 3.52. The lowest BCUT2D eigenvalue weighted by atomic mass is 10.2. The maximum atomic E-state index is 12.5. The first-order valence-corrected chi connectivity index (χ1v) is 11.9. The third-order valence-corrected chi connectivity index (χ3v) is 6.42. The molecule has 2 aromatic carbocycles. The first kappa shape index (κ1) is 23.1. The minimum absolute atomic E-state index is 0.0616. The summed E-state index contributed by atoms with van der Waals surface area (Å²) in [6.45, 7) is 1.90. The maximum absolute atomic E-state index is 12.5. The first-order valence-electron chi connectivity index (χ1n) is 10.9. The zero-order valence-electron chi connectivity index (χ0n) is 18.8. The summed E-state index contributed by atoms with van der Waals surface area (Å²) >= 11 is 1.38. The van der Waals surface area contributed by atoms with Gasteiger partial charge < -0.3 is 19.5 Å². The Balaban J connectivity index is 1.42. The Morgan fingerprint density at radius 3 is 2.42 bits per heavy atom. The fourth-order valence-corrected chi connectivity index (χ4v) is 4.41. The summed E-state index contributed by atoms with van der Waals surface area (Å²) in [5.41, 5.74) is 1.95. The molecule has 1 amide bonds. The number of carbonyl (C=O) groups is 1. The largest absolute Gasteiger partial charge is 0.497 e. The van der Waals surface area contributed by atoms with Crippen molar-refractivity contribution >= 4 is 17.7 Å². The molecule has 0 aliphatic carbocycles. The SMILES string of the molecule is COc1ccc(CNC(=O)CSc2nnc(-c3ccc(OC)cc3)n2CC2CCCO2)cc1. The average molecular weight is 469 g/mol. The Morgan fingerprint density at radius 2 is 1.79 bits per heavy atom. The highest BCUT2D eigenvalue weighted by Gasteiger charge is 2.22. The van der Waals surface area contributed by atoms with Crippen LogP contribution in [0.25, 0.3) is 11.4 Å². The lowest BCUT2D eigenvalue weighted by Gasteiger charge is -2.15. The fourth-order valence-electron chi connectivity index (χ4n) is 3.63. The number of benzene rings is 2. The lowest BCUT2D eigenvalue weighted by molar-refractivity contribution is -0.118. The number of nitrogens with zero attached hydrogens (tertiary/aromatic N) is 3. The molecule has 1 fully saturated rings. The molecule has 8 nitrogen and oxygen atoms in total. The van der Waals surface area contributed by atoms with E-state index in [0.717, 1.165) is 47.9 Å². The number of hydrogen-bond acceptors (Lipinski definition) is 7. The second kappa shape index (κ2) is 11.2. The van der Waals surface area contributed by atoms with Crippen molar-refractivity contribution < 1.29 is 19.0 Å². The summed E-state index contributed by atoms with van der Waals surface area (Å²) in [6, 6.07) is 15.4. The van der Waals surface area contributed by atoms with E-state index in [1.54, 1.807) is 14.2 Å². The van der Waals surface area contributed by atoms with Gasteiger partial charge in [-0.25, -0.2) is 0 Å². The molecule has 1 N–H and O–H groups in total. The number of aromatic nitrogens is 3. The molecular weight excluding hydrogens is 440 g/mol. The molecule has 1 aromatic heterocycles. The van der Waals surface area contributed by atoms with Gasteiger partial charge in [0, 0.05) is 18.7 Å². The highest BCUT2D eigenvalue weighted by atomic mass is 32.2. The standard InChI is InChI=1S/C24H28N4O4S/c1-30-19-9-5-17(6-10-19)14-25-22(29)16-33-24-27-26-23(18-7-11-20(31-2)12-8-18)28(24)15-21-4-3-13-32-21/h5-12,21H,3-4,13-16H2,1-2H3,(H,25,29). The molecule has 1 aliphatic rings. The maximum Gasteiger partial charge on any atom is 0.230 e. The normalized spacial score (nSPS) is 15.4. The van der Waals surface area contributed by atoms with E-state index in [4.69, 9.17) is 14.2 Å². The van der Waals surface area contributed by atoms with Gasteiger partial charge in [0.1, 0.15) is 11.5 Å². The van der Waals surface area contributed by atoms with Crippen LogP contribution in [0.2, 0.25) is 0 Å². The number of methoxy groups -OCH3 is 2. The fraction of sp³-hybridized carbons (Fsp3) is 0.375. The van der Waals surface area contributed by atoms with Gasteiger partial charge in [-0.05, 0) is 54.8 Å². The van der Waals surface area contributed by atoms with Gasteiger partial charge >= 0.3 is 0 Å². The third kappa shape index (κ3) is 6.06.